The number of rotatable bonds is 6. The number of aryl methyl sites for hydroxylation is 1. The van der Waals surface area contributed by atoms with Gasteiger partial charge in [0, 0.05) is 34.3 Å². The molecule has 1 N–H and O–H groups in total. The Labute approximate surface area is 175 Å². The van der Waals surface area contributed by atoms with Crippen LogP contribution >= 0.6 is 22.9 Å². The summed E-state index contributed by atoms with van der Waals surface area (Å²) in [7, 11) is 1.53. The normalized spacial score (nSPS) is 11.0. The van der Waals surface area contributed by atoms with Crippen LogP contribution in [0, 0.1) is 5.82 Å². The predicted molar refractivity (Wildman–Crippen MR) is 113 cm³/mol. The van der Waals surface area contributed by atoms with Crippen molar-refractivity contribution in [2.45, 2.75) is 12.8 Å². The minimum Gasteiger partial charge on any atom is -0.495 e. The summed E-state index contributed by atoms with van der Waals surface area (Å²) in [5.41, 5.74) is 2.50. The zero-order valence-electron chi connectivity index (χ0n) is 15.5. The van der Waals surface area contributed by atoms with Crippen LogP contribution in [0.15, 0.2) is 54.0 Å². The lowest BCUT2D eigenvalue weighted by molar-refractivity contribution is -0.116. The minimum atomic E-state index is -0.311. The van der Waals surface area contributed by atoms with Crippen LogP contribution in [0.1, 0.15) is 12.1 Å². The Kier molecular flexibility index (Phi) is 5.51. The van der Waals surface area contributed by atoms with Crippen LogP contribution in [0.25, 0.3) is 16.2 Å². The molecule has 0 atom stereocenters. The van der Waals surface area contributed by atoms with E-state index in [0.717, 1.165) is 10.7 Å². The molecule has 2 aromatic heterocycles. The van der Waals surface area contributed by atoms with E-state index in [4.69, 9.17) is 16.3 Å². The van der Waals surface area contributed by atoms with E-state index in [2.05, 4.69) is 10.3 Å². The van der Waals surface area contributed by atoms with Crippen LogP contribution in [0.2, 0.25) is 5.02 Å². The van der Waals surface area contributed by atoms with E-state index in [1.807, 2.05) is 9.78 Å². The second kappa shape index (κ2) is 8.23. The number of carbonyl (C=O) groups is 1. The van der Waals surface area contributed by atoms with Gasteiger partial charge in [0.1, 0.15) is 11.6 Å². The third kappa shape index (κ3) is 4.11. The van der Waals surface area contributed by atoms with E-state index in [9.17, 15) is 9.18 Å². The van der Waals surface area contributed by atoms with E-state index in [0.29, 0.717) is 34.1 Å². The molecule has 0 saturated heterocycles. The number of imidazole rings is 1. The molecule has 0 saturated carbocycles. The first kappa shape index (κ1) is 19.4. The number of hydrogen-bond acceptors (Lipinski definition) is 4. The highest BCUT2D eigenvalue weighted by atomic mass is 35.5. The fraction of sp³-hybridized carbons (Fsp3) is 0.143. The number of fused-ring (bicyclic) bond motifs is 1. The number of carbonyl (C=O) groups excluding carboxylic acids is 1. The zero-order valence-corrected chi connectivity index (χ0v) is 17.1. The summed E-state index contributed by atoms with van der Waals surface area (Å²) in [5, 5.41) is 5.30. The number of nitrogens with zero attached hydrogens (tertiary/aromatic N) is 2. The lowest BCUT2D eigenvalue weighted by Gasteiger charge is -2.10. The van der Waals surface area contributed by atoms with Gasteiger partial charge in [-0.15, -0.1) is 11.3 Å². The number of anilines is 1. The van der Waals surface area contributed by atoms with Crippen molar-refractivity contribution in [1.29, 1.82) is 0 Å². The number of halogens is 2. The summed E-state index contributed by atoms with van der Waals surface area (Å²) in [6, 6.07) is 11.6. The smallest absolute Gasteiger partial charge is 0.224 e. The molecule has 0 aliphatic heterocycles. The first-order valence-electron chi connectivity index (χ1n) is 8.89. The molecule has 0 radical (unpaired) electrons. The second-order valence-electron chi connectivity index (χ2n) is 6.38. The largest absolute Gasteiger partial charge is 0.495 e. The van der Waals surface area contributed by atoms with Crippen LogP contribution in [0.4, 0.5) is 10.1 Å². The first-order chi connectivity index (χ1) is 14.0. The summed E-state index contributed by atoms with van der Waals surface area (Å²) < 4.78 is 21.2. The standard InChI is InChI=1S/C21H17ClFN3O2S/c1-28-19-8-6-13(22)10-17(19)24-20(27)9-7-14-12-29-21-25-18(11-26(14)21)15-4-2-3-5-16(15)23/h2-6,8,10-12H,7,9H2,1H3,(H,24,27). The maximum absolute atomic E-state index is 14.0. The van der Waals surface area contributed by atoms with Gasteiger partial charge in [0.05, 0.1) is 18.5 Å². The number of hydrogen-bond donors (Lipinski definition) is 1. The van der Waals surface area contributed by atoms with Gasteiger partial charge >= 0.3 is 0 Å². The summed E-state index contributed by atoms with van der Waals surface area (Å²) in [5.74, 6) is 0.0822. The lowest BCUT2D eigenvalue weighted by Crippen LogP contribution is -2.13. The molecule has 1 amide bonds. The van der Waals surface area contributed by atoms with Gasteiger partial charge in [0.2, 0.25) is 5.91 Å². The predicted octanol–water partition coefficient (Wildman–Crippen LogP) is 5.44. The highest BCUT2D eigenvalue weighted by molar-refractivity contribution is 7.15. The molecule has 0 unspecified atom stereocenters. The fourth-order valence-electron chi connectivity index (χ4n) is 3.04. The third-order valence-electron chi connectivity index (χ3n) is 4.48. The lowest BCUT2D eigenvalue weighted by atomic mass is 10.1. The van der Waals surface area contributed by atoms with E-state index < -0.39 is 0 Å². The summed E-state index contributed by atoms with van der Waals surface area (Å²) >= 11 is 7.46. The average molecular weight is 430 g/mol. The van der Waals surface area contributed by atoms with Gasteiger partial charge in [0.25, 0.3) is 0 Å². The topological polar surface area (TPSA) is 55.6 Å². The summed E-state index contributed by atoms with van der Waals surface area (Å²) in [6.45, 7) is 0. The second-order valence-corrected chi connectivity index (χ2v) is 7.65. The van der Waals surface area contributed by atoms with Crippen LogP contribution in [0.3, 0.4) is 0 Å². The van der Waals surface area contributed by atoms with Crippen molar-refractivity contribution in [2.75, 3.05) is 12.4 Å². The molecule has 29 heavy (non-hydrogen) atoms. The Morgan fingerprint density at radius 1 is 1.31 bits per heavy atom. The molecule has 2 aromatic carbocycles. The summed E-state index contributed by atoms with van der Waals surface area (Å²) in [6.07, 6.45) is 2.59. The molecular formula is C21H17ClFN3O2S. The molecule has 0 bridgehead atoms. The SMILES string of the molecule is COc1ccc(Cl)cc1NC(=O)CCc1csc2nc(-c3ccccc3F)cn12. The number of benzene rings is 2. The summed E-state index contributed by atoms with van der Waals surface area (Å²) in [4.78, 5) is 17.7. The van der Waals surface area contributed by atoms with Crippen LogP contribution < -0.4 is 10.1 Å². The number of amides is 1. The number of aromatic nitrogens is 2. The van der Waals surface area contributed by atoms with Gasteiger partial charge in [-0.3, -0.25) is 9.20 Å². The van der Waals surface area contributed by atoms with E-state index in [-0.39, 0.29) is 18.1 Å². The quantitative estimate of drug-likeness (QED) is 0.444. The molecule has 0 aliphatic rings. The maximum atomic E-state index is 14.0. The van der Waals surface area contributed by atoms with Gasteiger partial charge < -0.3 is 10.1 Å². The van der Waals surface area contributed by atoms with Crippen molar-refractivity contribution in [3.8, 4) is 17.0 Å². The molecule has 5 nitrogen and oxygen atoms in total. The van der Waals surface area contributed by atoms with Gasteiger partial charge in [-0.1, -0.05) is 23.7 Å². The van der Waals surface area contributed by atoms with Crippen molar-refractivity contribution in [1.82, 2.24) is 9.38 Å². The van der Waals surface area contributed by atoms with Gasteiger partial charge in [-0.25, -0.2) is 9.37 Å². The monoisotopic (exact) mass is 429 g/mol. The highest BCUT2D eigenvalue weighted by Crippen LogP contribution is 2.28. The van der Waals surface area contributed by atoms with Crippen LogP contribution in [0.5, 0.6) is 5.75 Å². The molecule has 0 fully saturated rings. The maximum Gasteiger partial charge on any atom is 0.224 e. The third-order valence-corrected chi connectivity index (χ3v) is 5.60. The van der Waals surface area contributed by atoms with Crippen molar-refractivity contribution in [3.63, 3.8) is 0 Å². The molecule has 4 rings (SSSR count). The van der Waals surface area contributed by atoms with Crippen LogP contribution in [-0.2, 0) is 11.2 Å². The van der Waals surface area contributed by atoms with E-state index in [1.54, 1.807) is 42.6 Å². The average Bonchev–Trinajstić information content (AvgIpc) is 3.28. The Morgan fingerprint density at radius 2 is 2.14 bits per heavy atom. The molecule has 0 spiro atoms. The number of nitrogens with one attached hydrogen (secondary N) is 1. The van der Waals surface area contributed by atoms with Crippen LogP contribution in [-0.4, -0.2) is 22.4 Å². The molecule has 2 heterocycles. The highest BCUT2D eigenvalue weighted by Gasteiger charge is 2.14. The van der Waals surface area contributed by atoms with Gasteiger partial charge in [-0.05, 0) is 36.8 Å². The van der Waals surface area contributed by atoms with Gasteiger partial charge in [0.15, 0.2) is 4.96 Å². The number of methoxy groups -OCH3 is 1. The van der Waals surface area contributed by atoms with Crippen molar-refractivity contribution >= 4 is 39.5 Å². The number of thiazole rings is 1. The van der Waals surface area contributed by atoms with Crippen molar-refractivity contribution in [3.05, 3.63) is 70.6 Å². The molecular weight excluding hydrogens is 413 g/mol. The molecule has 4 aromatic rings. The van der Waals surface area contributed by atoms with Gasteiger partial charge in [-0.2, -0.15) is 0 Å². The van der Waals surface area contributed by atoms with E-state index in [1.165, 1.54) is 24.5 Å². The molecule has 8 heteroatoms. The number of ether oxygens (including phenoxy) is 1. The minimum absolute atomic E-state index is 0.153. The molecule has 148 valence electrons. The fourth-order valence-corrected chi connectivity index (χ4v) is 4.12. The Morgan fingerprint density at radius 3 is 2.93 bits per heavy atom. The Balaban J connectivity index is 1.48. The van der Waals surface area contributed by atoms with Crippen molar-refractivity contribution < 1.29 is 13.9 Å². The van der Waals surface area contributed by atoms with E-state index >= 15 is 0 Å². The first-order valence-corrected chi connectivity index (χ1v) is 10.1. The Hall–Kier alpha value is -2.90. The van der Waals surface area contributed by atoms with Crippen molar-refractivity contribution in [2.24, 2.45) is 0 Å². The Bertz CT molecular complexity index is 1190. The zero-order chi connectivity index (χ0) is 20.4. The molecule has 0 aliphatic carbocycles.